The predicted molar refractivity (Wildman–Crippen MR) is 185 cm³/mol. The predicted octanol–water partition coefficient (Wildman–Crippen LogP) is 2.46. The zero-order valence-corrected chi connectivity index (χ0v) is 28.8. The minimum Gasteiger partial charge on any atom is -0.340 e. The molecule has 2 unspecified atom stereocenters. The molecule has 2 N–H and O–H groups in total. The minimum absolute atomic E-state index is 0.107. The summed E-state index contributed by atoms with van der Waals surface area (Å²) >= 11 is 0. The molecule has 4 aliphatic heterocycles. The van der Waals surface area contributed by atoms with Gasteiger partial charge in [-0.3, -0.25) is 24.2 Å². The fraction of sp³-hybridized carbons (Fsp3) is 0.757. The van der Waals surface area contributed by atoms with Crippen LogP contribution < -0.4 is 10.6 Å². The van der Waals surface area contributed by atoms with Crippen molar-refractivity contribution >= 4 is 17.7 Å². The Labute approximate surface area is 282 Å². The van der Waals surface area contributed by atoms with Gasteiger partial charge in [0.1, 0.15) is 6.04 Å². The molecular formula is C37H59N7O3. The zero-order valence-electron chi connectivity index (χ0n) is 28.8. The van der Waals surface area contributed by atoms with Gasteiger partial charge in [0.2, 0.25) is 11.8 Å². The molecule has 2 atom stereocenters. The molecule has 0 spiro atoms. The number of hydrogen-bond donors (Lipinski definition) is 2. The molecule has 4 heterocycles. The van der Waals surface area contributed by atoms with Crippen molar-refractivity contribution in [2.75, 3.05) is 98.7 Å². The van der Waals surface area contributed by atoms with Crippen LogP contribution in [0, 0.1) is 11.8 Å². The molecule has 1 saturated carbocycles. The van der Waals surface area contributed by atoms with Crippen LogP contribution in [-0.4, -0.2) is 147 Å². The third-order valence-corrected chi connectivity index (χ3v) is 11.7. The summed E-state index contributed by atoms with van der Waals surface area (Å²) in [4.78, 5) is 51.7. The normalized spacial score (nSPS) is 25.4. The number of hydrogen-bond acceptors (Lipinski definition) is 7. The summed E-state index contributed by atoms with van der Waals surface area (Å²) in [5.41, 5.74) is 1.88. The second kappa shape index (κ2) is 16.7. The fourth-order valence-electron chi connectivity index (χ4n) is 8.53. The molecule has 10 heteroatoms. The van der Waals surface area contributed by atoms with Crippen LogP contribution in [0.5, 0.6) is 0 Å². The van der Waals surface area contributed by atoms with Crippen molar-refractivity contribution in [3.05, 3.63) is 35.4 Å². The Hall–Kier alpha value is -2.53. The second-order valence-electron chi connectivity index (χ2n) is 15.0. The Balaban J connectivity index is 0.973. The number of likely N-dealkylation sites (N-methyl/N-ethyl adjacent to an activating group) is 1. The van der Waals surface area contributed by atoms with Crippen LogP contribution in [-0.2, 0) is 9.59 Å². The Bertz CT molecular complexity index is 1180. The van der Waals surface area contributed by atoms with E-state index in [9.17, 15) is 14.4 Å². The molecule has 10 nitrogen and oxygen atoms in total. The zero-order chi connectivity index (χ0) is 32.6. The van der Waals surface area contributed by atoms with Gasteiger partial charge in [-0.25, -0.2) is 0 Å². The molecule has 1 aliphatic carbocycles. The van der Waals surface area contributed by atoms with E-state index in [-0.39, 0.29) is 23.6 Å². The molecule has 0 bridgehead atoms. The summed E-state index contributed by atoms with van der Waals surface area (Å²) in [7, 11) is 2.12. The molecule has 0 radical (unpaired) electrons. The summed E-state index contributed by atoms with van der Waals surface area (Å²) in [5, 5.41) is 6.74. The van der Waals surface area contributed by atoms with E-state index in [0.717, 1.165) is 136 Å². The first-order chi connectivity index (χ1) is 22.9. The lowest BCUT2D eigenvalue weighted by Gasteiger charge is -2.41. The van der Waals surface area contributed by atoms with E-state index in [2.05, 4.69) is 38.4 Å². The highest BCUT2D eigenvalue weighted by atomic mass is 16.2. The molecule has 260 valence electrons. The lowest BCUT2D eigenvalue weighted by atomic mass is 9.83. The van der Waals surface area contributed by atoms with Gasteiger partial charge in [-0.05, 0) is 101 Å². The second-order valence-corrected chi connectivity index (χ2v) is 15.0. The summed E-state index contributed by atoms with van der Waals surface area (Å²) in [5.74, 6) is 1.56. The maximum Gasteiger partial charge on any atom is 0.251 e. The number of rotatable bonds is 9. The lowest BCUT2D eigenvalue weighted by molar-refractivity contribution is -0.137. The molecule has 5 aliphatic rings. The van der Waals surface area contributed by atoms with Crippen LogP contribution in [0.15, 0.2) is 24.3 Å². The van der Waals surface area contributed by atoms with Crippen LogP contribution in [0.25, 0.3) is 0 Å². The van der Waals surface area contributed by atoms with Crippen molar-refractivity contribution in [1.29, 1.82) is 0 Å². The van der Waals surface area contributed by atoms with Crippen molar-refractivity contribution in [1.82, 2.24) is 35.1 Å². The highest BCUT2D eigenvalue weighted by Gasteiger charge is 2.36. The average molecular weight is 650 g/mol. The molecule has 0 aromatic heterocycles. The van der Waals surface area contributed by atoms with Gasteiger partial charge >= 0.3 is 0 Å². The topological polar surface area (TPSA) is 91.5 Å². The van der Waals surface area contributed by atoms with Crippen molar-refractivity contribution in [2.24, 2.45) is 11.8 Å². The van der Waals surface area contributed by atoms with Gasteiger partial charge in [-0.1, -0.05) is 31.4 Å². The Morgan fingerprint density at radius 3 is 2.23 bits per heavy atom. The molecule has 5 fully saturated rings. The smallest absolute Gasteiger partial charge is 0.251 e. The van der Waals surface area contributed by atoms with Crippen LogP contribution in [0.3, 0.4) is 0 Å². The number of carbonyl (C=O) groups excluding carboxylic acids is 3. The SMILES string of the molecule is CN1CCN(C(=O)CN2CCC(CN3CCN(C(=O)C(NC(=O)c4cccc(C5CCCNC5)c4)C4CCCCC4)CC3)CC2)CC1. The minimum atomic E-state index is -0.452. The van der Waals surface area contributed by atoms with Crippen molar-refractivity contribution in [3.63, 3.8) is 0 Å². The summed E-state index contributed by atoms with van der Waals surface area (Å²) in [6, 6.07) is 7.62. The Morgan fingerprint density at radius 2 is 1.53 bits per heavy atom. The maximum absolute atomic E-state index is 14.1. The summed E-state index contributed by atoms with van der Waals surface area (Å²) < 4.78 is 0. The van der Waals surface area contributed by atoms with E-state index < -0.39 is 6.04 Å². The van der Waals surface area contributed by atoms with Crippen LogP contribution >= 0.6 is 0 Å². The third-order valence-electron chi connectivity index (χ3n) is 11.7. The average Bonchev–Trinajstić information content (AvgIpc) is 3.12. The van der Waals surface area contributed by atoms with Gasteiger partial charge in [0.25, 0.3) is 5.91 Å². The van der Waals surface area contributed by atoms with Crippen molar-refractivity contribution < 1.29 is 14.4 Å². The highest BCUT2D eigenvalue weighted by Crippen LogP contribution is 2.29. The fourth-order valence-corrected chi connectivity index (χ4v) is 8.53. The van der Waals surface area contributed by atoms with E-state index in [1.54, 1.807) is 0 Å². The number of nitrogens with zero attached hydrogens (tertiary/aromatic N) is 5. The first-order valence-corrected chi connectivity index (χ1v) is 18.7. The maximum atomic E-state index is 14.1. The third kappa shape index (κ3) is 9.34. The van der Waals surface area contributed by atoms with Crippen LogP contribution in [0.1, 0.15) is 79.6 Å². The van der Waals surface area contributed by atoms with E-state index in [1.165, 1.54) is 12.0 Å². The summed E-state index contributed by atoms with van der Waals surface area (Å²) in [6.07, 6.45) is 10.0. The summed E-state index contributed by atoms with van der Waals surface area (Å²) in [6.45, 7) is 12.5. The van der Waals surface area contributed by atoms with E-state index in [0.29, 0.717) is 23.9 Å². The molecule has 3 amide bonds. The number of nitrogens with one attached hydrogen (secondary N) is 2. The van der Waals surface area contributed by atoms with Gasteiger partial charge in [0.05, 0.1) is 6.54 Å². The number of benzene rings is 1. The van der Waals surface area contributed by atoms with E-state index in [4.69, 9.17) is 0 Å². The van der Waals surface area contributed by atoms with Crippen LogP contribution in [0.4, 0.5) is 0 Å². The van der Waals surface area contributed by atoms with Gasteiger partial charge in [-0.2, -0.15) is 0 Å². The van der Waals surface area contributed by atoms with Crippen molar-refractivity contribution in [2.45, 2.75) is 69.7 Å². The lowest BCUT2D eigenvalue weighted by Crippen LogP contribution is -2.57. The first-order valence-electron chi connectivity index (χ1n) is 18.7. The number of piperidine rings is 2. The van der Waals surface area contributed by atoms with E-state index >= 15 is 0 Å². The van der Waals surface area contributed by atoms with Gasteiger partial charge < -0.3 is 25.3 Å². The van der Waals surface area contributed by atoms with E-state index in [1.807, 2.05) is 28.0 Å². The molecule has 6 rings (SSSR count). The van der Waals surface area contributed by atoms with Crippen molar-refractivity contribution in [3.8, 4) is 0 Å². The number of carbonyl (C=O) groups is 3. The van der Waals surface area contributed by atoms with Gasteiger partial charge in [-0.15, -0.1) is 0 Å². The first kappa shape index (κ1) is 34.3. The van der Waals surface area contributed by atoms with Gasteiger partial charge in [0.15, 0.2) is 0 Å². The Morgan fingerprint density at radius 1 is 0.809 bits per heavy atom. The Kier molecular flexibility index (Phi) is 12.2. The largest absolute Gasteiger partial charge is 0.340 e. The molecule has 1 aromatic rings. The quantitative estimate of drug-likeness (QED) is 0.425. The molecule has 47 heavy (non-hydrogen) atoms. The number of amides is 3. The molecule has 4 saturated heterocycles. The van der Waals surface area contributed by atoms with Gasteiger partial charge in [0, 0.05) is 71.0 Å². The monoisotopic (exact) mass is 649 g/mol. The molecular weight excluding hydrogens is 590 g/mol. The molecule has 1 aromatic carbocycles. The standard InChI is InChI=1S/C37H59N7O3/c1-40-17-21-43(22-18-40)34(45)28-41-15-12-29(13-16-41)27-42-19-23-44(24-20-42)37(47)35(30-7-3-2-4-8-30)39-36(46)32-10-5-9-31(25-32)33-11-6-14-38-26-33/h5,9-10,25,29-30,33,35,38H,2-4,6-8,11-24,26-28H2,1H3,(H,39,46). The van der Waals surface area contributed by atoms with Crippen LogP contribution in [0.2, 0.25) is 0 Å². The number of likely N-dealkylation sites (tertiary alicyclic amines) is 1. The highest BCUT2D eigenvalue weighted by molar-refractivity contribution is 5.97. The number of piperazine rings is 2.